The van der Waals surface area contributed by atoms with Crippen molar-refractivity contribution in [3.63, 3.8) is 0 Å². The normalized spacial score (nSPS) is 20.1. The van der Waals surface area contributed by atoms with Crippen molar-refractivity contribution in [2.45, 2.75) is 38.1 Å². The van der Waals surface area contributed by atoms with Crippen LogP contribution in [0, 0.1) is 12.7 Å². The van der Waals surface area contributed by atoms with Gasteiger partial charge in [-0.05, 0) is 49.9 Å². The largest absolute Gasteiger partial charge is 0.327 e. The molecule has 0 bridgehead atoms. The lowest BCUT2D eigenvalue weighted by atomic mass is 9.86. The summed E-state index contributed by atoms with van der Waals surface area (Å²) in [7, 11) is 0. The molecule has 0 heterocycles. The molecule has 0 aliphatic heterocycles. The van der Waals surface area contributed by atoms with Gasteiger partial charge in [-0.25, -0.2) is 4.39 Å². The van der Waals surface area contributed by atoms with E-state index in [0.29, 0.717) is 0 Å². The third-order valence-electron chi connectivity index (χ3n) is 3.51. The maximum absolute atomic E-state index is 13.4. The Bertz CT molecular complexity index is 397. The Morgan fingerprint density at radius 1 is 1.47 bits per heavy atom. The number of hydrogen-bond donors (Lipinski definition) is 1. The molecule has 82 valence electrons. The van der Waals surface area contributed by atoms with Gasteiger partial charge >= 0.3 is 0 Å². The molecule has 0 amide bonds. The number of benzene rings is 1. The predicted octanol–water partition coefficient (Wildman–Crippen LogP) is 3.28. The smallest absolute Gasteiger partial charge is 0.124 e. The van der Waals surface area contributed by atoms with Gasteiger partial charge < -0.3 is 5.73 Å². The molecule has 1 unspecified atom stereocenters. The first kappa shape index (κ1) is 11.1. The summed E-state index contributed by atoms with van der Waals surface area (Å²) >= 11 is 3.39. The highest BCUT2D eigenvalue weighted by molar-refractivity contribution is 9.10. The predicted molar refractivity (Wildman–Crippen MR) is 63.4 cm³/mol. The summed E-state index contributed by atoms with van der Waals surface area (Å²) in [6.07, 6.45) is 2.14. The maximum Gasteiger partial charge on any atom is 0.124 e. The monoisotopic (exact) mass is 271 g/mol. The maximum atomic E-state index is 13.4. The van der Waals surface area contributed by atoms with Gasteiger partial charge in [0.25, 0.3) is 0 Å². The summed E-state index contributed by atoms with van der Waals surface area (Å²) in [4.78, 5) is 0. The van der Waals surface area contributed by atoms with Gasteiger partial charge in [0.15, 0.2) is 0 Å². The van der Waals surface area contributed by atoms with Gasteiger partial charge in [0.05, 0.1) is 0 Å². The van der Waals surface area contributed by atoms with Crippen molar-refractivity contribution in [3.8, 4) is 0 Å². The van der Waals surface area contributed by atoms with Gasteiger partial charge in [-0.3, -0.25) is 0 Å². The van der Waals surface area contributed by atoms with E-state index in [4.69, 9.17) is 5.73 Å². The lowest BCUT2D eigenvalue weighted by Gasteiger charge is -2.23. The van der Waals surface area contributed by atoms with E-state index in [0.717, 1.165) is 28.4 Å². The molecular weight excluding hydrogens is 257 g/mol. The van der Waals surface area contributed by atoms with Crippen LogP contribution in [0.4, 0.5) is 4.39 Å². The van der Waals surface area contributed by atoms with Crippen LogP contribution in [-0.4, -0.2) is 6.04 Å². The number of halogens is 2. The fraction of sp³-hybridized carbons (Fsp3) is 0.500. The topological polar surface area (TPSA) is 26.0 Å². The second-order valence-electron chi connectivity index (χ2n) is 4.50. The Morgan fingerprint density at radius 3 is 2.53 bits per heavy atom. The number of rotatable bonds is 2. The molecule has 1 aliphatic rings. The number of hydrogen-bond acceptors (Lipinski definition) is 1. The van der Waals surface area contributed by atoms with Crippen LogP contribution in [0.1, 0.15) is 30.9 Å². The summed E-state index contributed by atoms with van der Waals surface area (Å²) in [5.74, 6) is -0.186. The summed E-state index contributed by atoms with van der Waals surface area (Å²) in [5, 5.41) is 0. The molecule has 15 heavy (non-hydrogen) atoms. The highest BCUT2D eigenvalue weighted by Crippen LogP contribution is 2.52. The molecule has 1 saturated carbocycles. The van der Waals surface area contributed by atoms with E-state index in [1.54, 1.807) is 6.07 Å². The van der Waals surface area contributed by atoms with Gasteiger partial charge in [0.1, 0.15) is 5.82 Å². The van der Waals surface area contributed by atoms with Crippen LogP contribution in [-0.2, 0) is 5.41 Å². The van der Waals surface area contributed by atoms with Crippen LogP contribution in [0.3, 0.4) is 0 Å². The van der Waals surface area contributed by atoms with Gasteiger partial charge in [-0.1, -0.05) is 15.9 Å². The molecule has 1 atom stereocenters. The molecule has 0 radical (unpaired) electrons. The van der Waals surface area contributed by atoms with Crippen LogP contribution in [0.5, 0.6) is 0 Å². The van der Waals surface area contributed by atoms with Crippen molar-refractivity contribution in [1.82, 2.24) is 0 Å². The number of nitrogens with two attached hydrogens (primary N) is 1. The summed E-state index contributed by atoms with van der Waals surface area (Å²) in [5.41, 5.74) is 8.21. The van der Waals surface area contributed by atoms with E-state index in [9.17, 15) is 4.39 Å². The molecule has 1 aliphatic carbocycles. The first-order valence-corrected chi connectivity index (χ1v) is 5.98. The average molecular weight is 272 g/mol. The van der Waals surface area contributed by atoms with Crippen molar-refractivity contribution < 1.29 is 4.39 Å². The molecule has 0 spiro atoms. The van der Waals surface area contributed by atoms with Gasteiger partial charge in [-0.2, -0.15) is 0 Å². The van der Waals surface area contributed by atoms with Crippen molar-refractivity contribution in [1.29, 1.82) is 0 Å². The van der Waals surface area contributed by atoms with E-state index in [-0.39, 0.29) is 17.3 Å². The summed E-state index contributed by atoms with van der Waals surface area (Å²) < 4.78 is 14.2. The van der Waals surface area contributed by atoms with Gasteiger partial charge in [0.2, 0.25) is 0 Å². The Hall–Kier alpha value is -0.410. The van der Waals surface area contributed by atoms with Gasteiger partial charge in [0, 0.05) is 15.9 Å². The van der Waals surface area contributed by atoms with Crippen molar-refractivity contribution >= 4 is 15.9 Å². The molecule has 0 aromatic heterocycles. The first-order chi connectivity index (χ1) is 6.97. The quantitative estimate of drug-likeness (QED) is 0.878. The zero-order chi connectivity index (χ0) is 11.2. The second-order valence-corrected chi connectivity index (χ2v) is 5.36. The Labute approximate surface area is 98.0 Å². The molecule has 1 fully saturated rings. The van der Waals surface area contributed by atoms with Crippen LogP contribution >= 0.6 is 15.9 Å². The van der Waals surface area contributed by atoms with E-state index in [2.05, 4.69) is 15.9 Å². The highest BCUT2D eigenvalue weighted by atomic mass is 79.9. The summed E-state index contributed by atoms with van der Waals surface area (Å²) in [6, 6.07) is 3.23. The molecular formula is C12H15BrFN. The molecule has 0 saturated heterocycles. The first-order valence-electron chi connectivity index (χ1n) is 5.19. The van der Waals surface area contributed by atoms with Crippen LogP contribution in [0.2, 0.25) is 0 Å². The fourth-order valence-electron chi connectivity index (χ4n) is 2.27. The lowest BCUT2D eigenvalue weighted by Crippen LogP contribution is -2.32. The van der Waals surface area contributed by atoms with Gasteiger partial charge in [-0.15, -0.1) is 0 Å². The van der Waals surface area contributed by atoms with Crippen LogP contribution in [0.25, 0.3) is 0 Å². The highest BCUT2D eigenvalue weighted by Gasteiger charge is 2.48. The van der Waals surface area contributed by atoms with Crippen molar-refractivity contribution in [3.05, 3.63) is 33.5 Å². The molecule has 2 rings (SSSR count). The Balaban J connectivity index is 2.53. The third kappa shape index (κ3) is 1.72. The minimum absolute atomic E-state index is 0.0225. The molecule has 1 aromatic rings. The van der Waals surface area contributed by atoms with Crippen molar-refractivity contribution in [2.75, 3.05) is 0 Å². The van der Waals surface area contributed by atoms with Crippen LogP contribution < -0.4 is 5.73 Å². The zero-order valence-electron chi connectivity index (χ0n) is 8.98. The second kappa shape index (κ2) is 3.56. The summed E-state index contributed by atoms with van der Waals surface area (Å²) in [6.45, 7) is 4.02. The average Bonchev–Trinajstić information content (AvgIpc) is 2.91. The van der Waals surface area contributed by atoms with E-state index in [1.807, 2.05) is 13.8 Å². The SMILES string of the molecule is Cc1c(Br)cc(F)cc1C1(C(C)N)CC1. The minimum atomic E-state index is -0.186. The fourth-order valence-corrected chi connectivity index (χ4v) is 2.70. The van der Waals surface area contributed by atoms with Crippen molar-refractivity contribution in [2.24, 2.45) is 5.73 Å². The molecule has 1 aromatic carbocycles. The van der Waals surface area contributed by atoms with E-state index < -0.39 is 0 Å². The Morgan fingerprint density at radius 2 is 2.07 bits per heavy atom. The third-order valence-corrected chi connectivity index (χ3v) is 4.33. The molecule has 1 nitrogen and oxygen atoms in total. The zero-order valence-corrected chi connectivity index (χ0v) is 10.6. The molecule has 2 N–H and O–H groups in total. The molecule has 3 heteroatoms. The standard InChI is InChI=1S/C12H15BrFN/c1-7-10(5-9(14)6-11(7)13)12(3-4-12)8(2)15/h5-6,8H,3-4,15H2,1-2H3. The lowest BCUT2D eigenvalue weighted by molar-refractivity contribution is 0.545. The minimum Gasteiger partial charge on any atom is -0.327 e. The van der Waals surface area contributed by atoms with E-state index >= 15 is 0 Å². The Kier molecular flexibility index (Phi) is 2.63. The van der Waals surface area contributed by atoms with E-state index in [1.165, 1.54) is 6.07 Å². The van der Waals surface area contributed by atoms with Crippen LogP contribution in [0.15, 0.2) is 16.6 Å².